The van der Waals surface area contributed by atoms with Gasteiger partial charge in [0.1, 0.15) is 6.42 Å². The van der Waals surface area contributed by atoms with Crippen molar-refractivity contribution in [3.63, 3.8) is 0 Å². The lowest BCUT2D eigenvalue weighted by molar-refractivity contribution is -0.148. The smallest absolute Gasteiger partial charge is 0.315 e. The number of methoxy groups -OCH3 is 1. The zero-order valence-electron chi connectivity index (χ0n) is 9.49. The molecule has 1 unspecified atom stereocenters. The van der Waals surface area contributed by atoms with Gasteiger partial charge in [-0.1, -0.05) is 6.92 Å². The standard InChI is InChI=1S/C11H19NO3/c1-3-9-6-4-5-7-12(9)10(13)8-11(14)15-2/h9H,3-8H2,1-2H3. The van der Waals surface area contributed by atoms with Crippen LogP contribution in [0.1, 0.15) is 39.0 Å². The van der Waals surface area contributed by atoms with Gasteiger partial charge < -0.3 is 9.64 Å². The van der Waals surface area contributed by atoms with Crippen molar-refractivity contribution in [3.8, 4) is 0 Å². The highest BCUT2D eigenvalue weighted by molar-refractivity contribution is 5.94. The molecular formula is C11H19NO3. The Balaban J connectivity index is 2.52. The highest BCUT2D eigenvalue weighted by Crippen LogP contribution is 2.20. The molecule has 86 valence electrons. The molecule has 0 aromatic carbocycles. The Morgan fingerprint density at radius 1 is 1.40 bits per heavy atom. The van der Waals surface area contributed by atoms with Gasteiger partial charge >= 0.3 is 5.97 Å². The molecule has 0 aromatic heterocycles. The van der Waals surface area contributed by atoms with Crippen molar-refractivity contribution in [2.45, 2.75) is 45.1 Å². The summed E-state index contributed by atoms with van der Waals surface area (Å²) in [5.41, 5.74) is 0. The number of hydrogen-bond donors (Lipinski definition) is 0. The number of ether oxygens (including phenoxy) is 1. The molecular weight excluding hydrogens is 194 g/mol. The van der Waals surface area contributed by atoms with Crippen molar-refractivity contribution in [2.75, 3.05) is 13.7 Å². The van der Waals surface area contributed by atoms with Gasteiger partial charge in [-0.15, -0.1) is 0 Å². The number of esters is 1. The average Bonchev–Trinajstić information content (AvgIpc) is 2.28. The van der Waals surface area contributed by atoms with Crippen molar-refractivity contribution < 1.29 is 14.3 Å². The lowest BCUT2D eigenvalue weighted by Gasteiger charge is -2.35. The second-order valence-electron chi connectivity index (χ2n) is 3.90. The van der Waals surface area contributed by atoms with Gasteiger partial charge in [0.05, 0.1) is 7.11 Å². The van der Waals surface area contributed by atoms with E-state index in [0.29, 0.717) is 6.04 Å². The second-order valence-corrected chi connectivity index (χ2v) is 3.90. The van der Waals surface area contributed by atoms with Crippen LogP contribution in [0.25, 0.3) is 0 Å². The predicted molar refractivity (Wildman–Crippen MR) is 56.3 cm³/mol. The molecule has 1 saturated heterocycles. The summed E-state index contributed by atoms with van der Waals surface area (Å²) in [6, 6.07) is 0.316. The fourth-order valence-electron chi connectivity index (χ4n) is 2.05. The van der Waals surface area contributed by atoms with Crippen LogP contribution < -0.4 is 0 Å². The summed E-state index contributed by atoms with van der Waals surface area (Å²) in [4.78, 5) is 24.6. The van der Waals surface area contributed by atoms with Gasteiger partial charge in [0.25, 0.3) is 0 Å². The number of carbonyl (C=O) groups is 2. The second kappa shape index (κ2) is 5.73. The number of carbonyl (C=O) groups excluding carboxylic acids is 2. The number of nitrogens with zero attached hydrogens (tertiary/aromatic N) is 1. The molecule has 0 aromatic rings. The summed E-state index contributed by atoms with van der Waals surface area (Å²) >= 11 is 0. The number of amides is 1. The van der Waals surface area contributed by atoms with E-state index in [0.717, 1.165) is 25.8 Å². The van der Waals surface area contributed by atoms with Gasteiger partial charge in [-0.3, -0.25) is 9.59 Å². The molecule has 1 heterocycles. The van der Waals surface area contributed by atoms with Gasteiger partial charge in [-0.05, 0) is 25.7 Å². The first kappa shape index (κ1) is 12.0. The minimum Gasteiger partial charge on any atom is -0.469 e. The Hall–Kier alpha value is -1.06. The normalized spacial score (nSPS) is 21.2. The molecule has 0 radical (unpaired) electrons. The summed E-state index contributed by atoms with van der Waals surface area (Å²) in [5.74, 6) is -0.533. The summed E-state index contributed by atoms with van der Waals surface area (Å²) < 4.78 is 4.49. The molecule has 15 heavy (non-hydrogen) atoms. The molecule has 0 N–H and O–H groups in total. The van der Waals surface area contributed by atoms with E-state index in [4.69, 9.17) is 0 Å². The Bertz CT molecular complexity index is 240. The van der Waals surface area contributed by atoms with Gasteiger partial charge in [0.2, 0.25) is 5.91 Å². The van der Waals surface area contributed by atoms with Crippen LogP contribution in [0.5, 0.6) is 0 Å². The number of hydrogen-bond acceptors (Lipinski definition) is 3. The van der Waals surface area contributed by atoms with Gasteiger partial charge in [0, 0.05) is 12.6 Å². The Labute approximate surface area is 90.6 Å². The molecule has 0 aliphatic carbocycles. The Morgan fingerprint density at radius 2 is 2.13 bits per heavy atom. The molecule has 4 heteroatoms. The summed E-state index contributed by atoms with van der Waals surface area (Å²) in [5, 5.41) is 0. The maximum absolute atomic E-state index is 11.8. The van der Waals surface area contributed by atoms with E-state index in [2.05, 4.69) is 11.7 Å². The first-order valence-electron chi connectivity index (χ1n) is 5.55. The predicted octanol–water partition coefficient (Wildman–Crippen LogP) is 1.34. The summed E-state index contributed by atoms with van der Waals surface area (Å²) in [6.45, 7) is 2.86. The zero-order chi connectivity index (χ0) is 11.3. The zero-order valence-corrected chi connectivity index (χ0v) is 9.49. The molecule has 1 atom stereocenters. The van der Waals surface area contributed by atoms with E-state index < -0.39 is 5.97 Å². The van der Waals surface area contributed by atoms with Crippen molar-refractivity contribution in [2.24, 2.45) is 0 Å². The van der Waals surface area contributed by atoms with Gasteiger partial charge in [-0.2, -0.15) is 0 Å². The highest BCUT2D eigenvalue weighted by Gasteiger charge is 2.26. The lowest BCUT2D eigenvalue weighted by Crippen LogP contribution is -2.44. The minimum atomic E-state index is -0.444. The lowest BCUT2D eigenvalue weighted by atomic mass is 9.99. The van der Waals surface area contributed by atoms with Crippen LogP contribution in [0, 0.1) is 0 Å². The van der Waals surface area contributed by atoms with Gasteiger partial charge in [-0.25, -0.2) is 0 Å². The van der Waals surface area contributed by atoms with E-state index in [1.165, 1.54) is 13.5 Å². The Morgan fingerprint density at radius 3 is 2.73 bits per heavy atom. The maximum Gasteiger partial charge on any atom is 0.315 e. The fourth-order valence-corrected chi connectivity index (χ4v) is 2.05. The maximum atomic E-state index is 11.8. The third kappa shape index (κ3) is 3.22. The van der Waals surface area contributed by atoms with E-state index >= 15 is 0 Å². The van der Waals surface area contributed by atoms with E-state index in [1.54, 1.807) is 0 Å². The van der Waals surface area contributed by atoms with Crippen LogP contribution in [0.4, 0.5) is 0 Å². The molecule has 0 saturated carbocycles. The summed E-state index contributed by atoms with van der Waals surface area (Å²) in [6.07, 6.45) is 4.13. The third-order valence-corrected chi connectivity index (χ3v) is 2.94. The van der Waals surface area contributed by atoms with Crippen LogP contribution in [-0.4, -0.2) is 36.5 Å². The summed E-state index contributed by atoms with van der Waals surface area (Å²) in [7, 11) is 1.31. The number of piperidine rings is 1. The largest absolute Gasteiger partial charge is 0.469 e. The van der Waals surface area contributed by atoms with Crippen LogP contribution >= 0.6 is 0 Å². The minimum absolute atomic E-state index is 0.0894. The van der Waals surface area contributed by atoms with Crippen LogP contribution in [0.15, 0.2) is 0 Å². The van der Waals surface area contributed by atoms with Crippen LogP contribution in [-0.2, 0) is 14.3 Å². The third-order valence-electron chi connectivity index (χ3n) is 2.94. The fraction of sp³-hybridized carbons (Fsp3) is 0.818. The highest BCUT2D eigenvalue weighted by atomic mass is 16.5. The molecule has 1 fully saturated rings. The quantitative estimate of drug-likeness (QED) is 0.525. The molecule has 1 aliphatic rings. The average molecular weight is 213 g/mol. The van der Waals surface area contributed by atoms with Crippen molar-refractivity contribution in [3.05, 3.63) is 0 Å². The van der Waals surface area contributed by atoms with Gasteiger partial charge in [0.15, 0.2) is 0 Å². The molecule has 0 spiro atoms. The number of rotatable bonds is 3. The molecule has 1 rings (SSSR count). The van der Waals surface area contributed by atoms with Crippen LogP contribution in [0.2, 0.25) is 0 Å². The topological polar surface area (TPSA) is 46.6 Å². The molecule has 1 aliphatic heterocycles. The van der Waals surface area contributed by atoms with Crippen LogP contribution in [0.3, 0.4) is 0 Å². The van der Waals surface area contributed by atoms with Crippen molar-refractivity contribution in [1.29, 1.82) is 0 Å². The van der Waals surface area contributed by atoms with Crippen molar-refractivity contribution in [1.82, 2.24) is 4.90 Å². The van der Waals surface area contributed by atoms with E-state index in [1.807, 2.05) is 4.90 Å². The molecule has 1 amide bonds. The number of likely N-dealkylation sites (tertiary alicyclic amines) is 1. The molecule has 4 nitrogen and oxygen atoms in total. The van der Waals surface area contributed by atoms with E-state index in [-0.39, 0.29) is 12.3 Å². The SMILES string of the molecule is CCC1CCCCN1C(=O)CC(=O)OC. The first-order chi connectivity index (χ1) is 7.19. The molecule has 0 bridgehead atoms. The van der Waals surface area contributed by atoms with Crippen molar-refractivity contribution >= 4 is 11.9 Å². The first-order valence-corrected chi connectivity index (χ1v) is 5.55. The Kier molecular flexibility index (Phi) is 4.59. The monoisotopic (exact) mass is 213 g/mol. The van der Waals surface area contributed by atoms with E-state index in [9.17, 15) is 9.59 Å².